The number of hydrogen-bond donors (Lipinski definition) is 2. The molecular weight excluding hydrogens is 531 g/mol. The van der Waals surface area contributed by atoms with Crippen LogP contribution in [0.4, 0.5) is 9.59 Å². The van der Waals surface area contributed by atoms with E-state index in [2.05, 4.69) is 6.58 Å². The third kappa shape index (κ3) is 5.30. The summed E-state index contributed by atoms with van der Waals surface area (Å²) < 4.78 is 12.1. The Kier molecular flexibility index (Phi) is 8.42. The third-order valence-corrected chi connectivity index (χ3v) is 8.33. The molecule has 0 saturated carbocycles. The number of carbonyl (C=O) groups is 4. The highest BCUT2D eigenvalue weighted by atomic mass is 35.6. The summed E-state index contributed by atoms with van der Waals surface area (Å²) in [5.74, 6) is -1.87. The van der Waals surface area contributed by atoms with Gasteiger partial charge >= 0.3 is 18.2 Å². The second kappa shape index (κ2) is 9.96. The minimum atomic E-state index is -2.03. The zero-order chi connectivity index (χ0) is 24.5. The van der Waals surface area contributed by atoms with Crippen molar-refractivity contribution in [3.05, 3.63) is 12.7 Å². The van der Waals surface area contributed by atoms with Crippen LogP contribution in [0.15, 0.2) is 12.7 Å². The van der Waals surface area contributed by atoms with Gasteiger partial charge in [-0.15, -0.1) is 30.1 Å². The number of alkyl halides is 3. The summed E-state index contributed by atoms with van der Waals surface area (Å²) in [4.78, 5) is 48.9. The number of thioether (sulfide) groups is 2. The lowest BCUT2D eigenvalue weighted by Crippen LogP contribution is -2.73. The van der Waals surface area contributed by atoms with Crippen LogP contribution in [0.3, 0.4) is 0 Å². The molecule has 15 heteroatoms. The maximum Gasteiger partial charge on any atom is 0.508 e. The molecule has 4 unspecified atom stereocenters. The molecule has 2 heterocycles. The van der Waals surface area contributed by atoms with Crippen molar-refractivity contribution in [1.82, 2.24) is 4.90 Å². The number of β-lactam (4-membered cyclic amide) rings is 1. The van der Waals surface area contributed by atoms with E-state index in [-0.39, 0.29) is 12.8 Å². The van der Waals surface area contributed by atoms with Crippen LogP contribution in [-0.2, 0) is 23.8 Å². The second-order valence-corrected chi connectivity index (χ2v) is 12.7. The molecule has 32 heavy (non-hydrogen) atoms. The van der Waals surface area contributed by atoms with Gasteiger partial charge in [0.1, 0.15) is 23.0 Å². The summed E-state index contributed by atoms with van der Waals surface area (Å²) in [6, 6.07) is 0. The standard InChI is InChI=1S/C17H21Cl3N2O8S2/c1-4-5-15-6-10(23)22(15)17(11(24)25,12(32-15)31-9(3)30-13(21)26)8(2)29-14(27)28-7-16(18,19)20/h4,8-9,12H,1,5-7H2,2-3H3,(H2,21,26)(H,24,25)/t8?,9?,12?,15-,17?/m1/s1. The highest BCUT2D eigenvalue weighted by Gasteiger charge is 2.75. The topological polar surface area (TPSA) is 145 Å². The van der Waals surface area contributed by atoms with Gasteiger partial charge in [0.05, 0.1) is 11.0 Å². The maximum atomic E-state index is 12.7. The number of carboxylic acids is 1. The van der Waals surface area contributed by atoms with E-state index in [1.165, 1.54) is 30.5 Å². The molecule has 0 radical (unpaired) electrons. The predicted octanol–water partition coefficient (Wildman–Crippen LogP) is 3.47. The van der Waals surface area contributed by atoms with E-state index in [4.69, 9.17) is 54.7 Å². The number of primary amides is 1. The fraction of sp³-hybridized carbons (Fsp3) is 0.647. The second-order valence-electron chi connectivity index (χ2n) is 6.98. The Morgan fingerprint density at radius 3 is 2.50 bits per heavy atom. The van der Waals surface area contributed by atoms with Crippen molar-refractivity contribution in [1.29, 1.82) is 0 Å². The first-order valence-electron chi connectivity index (χ1n) is 9.06. The van der Waals surface area contributed by atoms with Crippen molar-refractivity contribution < 1.29 is 38.5 Å². The highest BCUT2D eigenvalue weighted by Crippen LogP contribution is 2.64. The Labute approximate surface area is 207 Å². The molecule has 0 aliphatic carbocycles. The van der Waals surface area contributed by atoms with Gasteiger partial charge in [-0.05, 0) is 20.3 Å². The molecule has 2 rings (SSSR count). The van der Waals surface area contributed by atoms with Gasteiger partial charge in [-0.2, -0.15) is 0 Å². The summed E-state index contributed by atoms with van der Waals surface area (Å²) in [7, 11) is 0. The molecule has 2 saturated heterocycles. The van der Waals surface area contributed by atoms with Crippen molar-refractivity contribution in [2.75, 3.05) is 6.61 Å². The van der Waals surface area contributed by atoms with Crippen molar-refractivity contribution in [3.8, 4) is 0 Å². The number of carbonyl (C=O) groups excluding carboxylic acids is 3. The van der Waals surface area contributed by atoms with Crippen LogP contribution in [0.2, 0.25) is 0 Å². The van der Waals surface area contributed by atoms with Gasteiger partial charge in [-0.25, -0.2) is 14.4 Å². The fourth-order valence-corrected chi connectivity index (χ4v) is 7.90. The van der Waals surface area contributed by atoms with Crippen LogP contribution in [0.5, 0.6) is 0 Å². The van der Waals surface area contributed by atoms with Gasteiger partial charge in [0.2, 0.25) is 9.70 Å². The molecule has 180 valence electrons. The fourth-order valence-electron chi connectivity index (χ4n) is 3.65. The normalized spacial score (nSPS) is 28.7. The number of hydrogen-bond acceptors (Lipinski definition) is 9. The Hall–Kier alpha value is -1.21. The van der Waals surface area contributed by atoms with E-state index in [0.29, 0.717) is 0 Å². The van der Waals surface area contributed by atoms with E-state index in [9.17, 15) is 24.3 Å². The highest BCUT2D eigenvalue weighted by molar-refractivity contribution is 8.18. The number of nitrogens with two attached hydrogens (primary N) is 1. The van der Waals surface area contributed by atoms with Crippen molar-refractivity contribution in [2.45, 2.75) is 57.0 Å². The quantitative estimate of drug-likeness (QED) is 0.144. The number of amides is 2. The molecule has 0 spiro atoms. The lowest BCUT2D eigenvalue weighted by atomic mass is 9.84. The first-order chi connectivity index (χ1) is 14.7. The molecule has 10 nitrogen and oxygen atoms in total. The minimum absolute atomic E-state index is 0.0608. The van der Waals surface area contributed by atoms with Crippen LogP contribution >= 0.6 is 58.3 Å². The average Bonchev–Trinajstić information content (AvgIpc) is 2.84. The molecule has 2 fully saturated rings. The molecule has 3 N–H and O–H groups in total. The van der Waals surface area contributed by atoms with Gasteiger partial charge in [0.15, 0.2) is 5.54 Å². The van der Waals surface area contributed by atoms with Gasteiger partial charge in [-0.3, -0.25) is 4.79 Å². The monoisotopic (exact) mass is 550 g/mol. The summed E-state index contributed by atoms with van der Waals surface area (Å²) >= 11 is 18.8. The van der Waals surface area contributed by atoms with Gasteiger partial charge < -0.3 is 30.0 Å². The van der Waals surface area contributed by atoms with Crippen LogP contribution in [0, 0.1) is 0 Å². The van der Waals surface area contributed by atoms with E-state index >= 15 is 0 Å². The first kappa shape index (κ1) is 27.0. The van der Waals surface area contributed by atoms with Crippen LogP contribution < -0.4 is 5.73 Å². The number of halogens is 3. The van der Waals surface area contributed by atoms with Gasteiger partial charge in [0, 0.05) is 0 Å². The molecule has 2 aliphatic rings. The van der Waals surface area contributed by atoms with Gasteiger partial charge in [0.25, 0.3) is 0 Å². The summed E-state index contributed by atoms with van der Waals surface area (Å²) in [5.41, 5.74) is 2.17. The Bertz CT molecular complexity index is 809. The molecule has 5 atom stereocenters. The summed E-state index contributed by atoms with van der Waals surface area (Å²) in [5, 5.41) is 10.3. The number of nitrogens with zero attached hydrogens (tertiary/aromatic N) is 1. The molecular formula is C17H21Cl3N2O8S2. The number of ether oxygens (including phenoxy) is 3. The lowest BCUT2D eigenvalue weighted by molar-refractivity contribution is -0.181. The average molecular weight is 552 g/mol. The number of aliphatic carboxylic acids is 1. The van der Waals surface area contributed by atoms with E-state index in [0.717, 1.165) is 11.8 Å². The molecule has 0 bridgehead atoms. The number of rotatable bonds is 9. The van der Waals surface area contributed by atoms with Crippen molar-refractivity contribution >= 4 is 82.5 Å². The molecule has 2 amide bonds. The van der Waals surface area contributed by atoms with Crippen LogP contribution in [-0.4, -0.2) is 71.1 Å². The molecule has 0 aromatic carbocycles. The summed E-state index contributed by atoms with van der Waals surface area (Å²) in [6.07, 6.45) is -1.82. The smallest absolute Gasteiger partial charge is 0.479 e. The van der Waals surface area contributed by atoms with Crippen LogP contribution in [0.1, 0.15) is 26.7 Å². The molecule has 0 aromatic rings. The van der Waals surface area contributed by atoms with Crippen LogP contribution in [0.25, 0.3) is 0 Å². The van der Waals surface area contributed by atoms with Gasteiger partial charge in [-0.1, -0.05) is 40.9 Å². The third-order valence-electron chi connectivity index (χ3n) is 4.79. The number of fused-ring (bicyclic) bond motifs is 1. The molecule has 2 aliphatic heterocycles. The maximum absolute atomic E-state index is 12.7. The SMILES string of the molecule is C=CC[C@@]12CC(=O)N1C(C(=O)O)(C(C)OC(=O)OCC(Cl)(Cl)Cl)C(SC(C)OC(N)=O)S2. The minimum Gasteiger partial charge on any atom is -0.479 e. The van der Waals surface area contributed by atoms with E-state index < -0.39 is 61.1 Å². The Morgan fingerprint density at radius 2 is 2.03 bits per heavy atom. The van der Waals surface area contributed by atoms with E-state index in [1.54, 1.807) is 6.08 Å². The zero-order valence-corrected chi connectivity index (χ0v) is 20.8. The first-order valence-corrected chi connectivity index (χ1v) is 12.0. The summed E-state index contributed by atoms with van der Waals surface area (Å²) in [6.45, 7) is 5.87. The largest absolute Gasteiger partial charge is 0.508 e. The predicted molar refractivity (Wildman–Crippen MR) is 121 cm³/mol. The number of carboxylic acid groups (broad SMARTS) is 1. The Balaban J connectivity index is 2.41. The van der Waals surface area contributed by atoms with E-state index in [1.807, 2.05) is 0 Å². The van der Waals surface area contributed by atoms with Crippen molar-refractivity contribution in [3.63, 3.8) is 0 Å². The Morgan fingerprint density at radius 1 is 1.41 bits per heavy atom. The van der Waals surface area contributed by atoms with Crippen molar-refractivity contribution in [2.24, 2.45) is 5.73 Å². The molecule has 0 aromatic heterocycles. The zero-order valence-electron chi connectivity index (χ0n) is 16.9. The lowest BCUT2D eigenvalue weighted by Gasteiger charge is -2.52.